The molecule has 8 nitrogen and oxygen atoms in total. The number of carboxylic acids is 1. The molecule has 1 atom stereocenters. The van der Waals surface area contributed by atoms with Crippen LogP contribution in [0.25, 0.3) is 0 Å². The first-order valence-electron chi connectivity index (χ1n) is 6.17. The van der Waals surface area contributed by atoms with E-state index in [1.54, 1.807) is 13.8 Å². The summed E-state index contributed by atoms with van der Waals surface area (Å²) in [6.07, 6.45) is 0. The van der Waals surface area contributed by atoms with Crippen molar-refractivity contribution in [2.45, 2.75) is 19.9 Å². The summed E-state index contributed by atoms with van der Waals surface area (Å²) in [5, 5.41) is 11.3. The average Bonchev–Trinajstić information content (AvgIpc) is 2.38. The number of carbonyl (C=O) groups is 3. The normalized spacial score (nSPS) is 11.8. The summed E-state index contributed by atoms with van der Waals surface area (Å²) in [7, 11) is 2.67. The minimum atomic E-state index is -1.14. The third kappa shape index (κ3) is 6.37. The van der Waals surface area contributed by atoms with Gasteiger partial charge in [0.15, 0.2) is 0 Å². The van der Waals surface area contributed by atoms with Crippen molar-refractivity contribution < 1.29 is 29.0 Å². The van der Waals surface area contributed by atoms with Gasteiger partial charge >= 0.3 is 18.0 Å². The van der Waals surface area contributed by atoms with Crippen molar-refractivity contribution in [3.63, 3.8) is 0 Å². The second kappa shape index (κ2) is 9.13. The summed E-state index contributed by atoms with van der Waals surface area (Å²) in [5.74, 6) is -1.90. The number of methoxy groups -OCH3 is 2. The standard InChI is InChI=1S/C12H22N2O6/c1-8(2)10(11(17)20-4)13-12(18)14(5-6-19-3)7-9(15)16/h8,10H,5-7H2,1-4H3,(H,13,18)(H,15,16). The molecule has 8 heteroatoms. The fourth-order valence-electron chi connectivity index (χ4n) is 1.47. The molecule has 0 aliphatic heterocycles. The molecule has 0 saturated carbocycles. The molecule has 0 heterocycles. The van der Waals surface area contributed by atoms with Gasteiger partial charge in [0.1, 0.15) is 12.6 Å². The quantitative estimate of drug-likeness (QED) is 0.606. The monoisotopic (exact) mass is 290 g/mol. The molecule has 116 valence electrons. The summed E-state index contributed by atoms with van der Waals surface area (Å²) >= 11 is 0. The highest BCUT2D eigenvalue weighted by atomic mass is 16.5. The summed E-state index contributed by atoms with van der Waals surface area (Å²) in [5.41, 5.74) is 0. The molecule has 0 aliphatic rings. The van der Waals surface area contributed by atoms with Crippen molar-refractivity contribution in [1.82, 2.24) is 10.2 Å². The van der Waals surface area contributed by atoms with E-state index >= 15 is 0 Å². The number of urea groups is 1. The van der Waals surface area contributed by atoms with Crippen LogP contribution in [0.15, 0.2) is 0 Å². The molecular weight excluding hydrogens is 268 g/mol. The molecule has 2 amide bonds. The zero-order valence-corrected chi connectivity index (χ0v) is 12.2. The van der Waals surface area contributed by atoms with Gasteiger partial charge in [-0.25, -0.2) is 9.59 Å². The number of ether oxygens (including phenoxy) is 2. The predicted molar refractivity (Wildman–Crippen MR) is 70.3 cm³/mol. The maximum Gasteiger partial charge on any atom is 0.328 e. The number of carbonyl (C=O) groups excluding carboxylic acids is 2. The topological polar surface area (TPSA) is 105 Å². The number of hydrogen-bond donors (Lipinski definition) is 2. The second-order valence-corrected chi connectivity index (χ2v) is 4.50. The molecule has 2 N–H and O–H groups in total. The van der Waals surface area contributed by atoms with Crippen LogP contribution in [0, 0.1) is 5.92 Å². The van der Waals surface area contributed by atoms with E-state index in [0.717, 1.165) is 4.90 Å². The molecule has 0 aromatic rings. The highest BCUT2D eigenvalue weighted by Crippen LogP contribution is 2.05. The molecular formula is C12H22N2O6. The lowest BCUT2D eigenvalue weighted by Gasteiger charge is -2.25. The van der Waals surface area contributed by atoms with Gasteiger partial charge in [-0.15, -0.1) is 0 Å². The molecule has 0 saturated heterocycles. The Balaban J connectivity index is 4.77. The smallest absolute Gasteiger partial charge is 0.328 e. The van der Waals surface area contributed by atoms with E-state index in [1.807, 2.05) is 0 Å². The van der Waals surface area contributed by atoms with Gasteiger partial charge in [-0.2, -0.15) is 0 Å². The van der Waals surface area contributed by atoms with Gasteiger partial charge in [-0.3, -0.25) is 4.79 Å². The van der Waals surface area contributed by atoms with Crippen LogP contribution in [-0.4, -0.2) is 67.9 Å². The lowest BCUT2D eigenvalue weighted by Crippen LogP contribution is -2.52. The lowest BCUT2D eigenvalue weighted by molar-refractivity contribution is -0.144. The second-order valence-electron chi connectivity index (χ2n) is 4.50. The first kappa shape index (κ1) is 18.2. The number of hydrogen-bond acceptors (Lipinski definition) is 5. The summed E-state index contributed by atoms with van der Waals surface area (Å²) < 4.78 is 9.42. The van der Waals surface area contributed by atoms with E-state index in [9.17, 15) is 14.4 Å². The number of aliphatic carboxylic acids is 1. The number of esters is 1. The molecule has 0 aromatic carbocycles. The molecule has 0 bridgehead atoms. The Bertz CT molecular complexity index is 345. The minimum Gasteiger partial charge on any atom is -0.480 e. The average molecular weight is 290 g/mol. The summed E-state index contributed by atoms with van der Waals surface area (Å²) in [4.78, 5) is 35.4. The Morgan fingerprint density at radius 1 is 1.25 bits per heavy atom. The van der Waals surface area contributed by atoms with Crippen molar-refractivity contribution in [1.29, 1.82) is 0 Å². The van der Waals surface area contributed by atoms with Gasteiger partial charge < -0.3 is 24.8 Å². The largest absolute Gasteiger partial charge is 0.480 e. The number of carboxylic acid groups (broad SMARTS) is 1. The fraction of sp³-hybridized carbons (Fsp3) is 0.750. The zero-order chi connectivity index (χ0) is 15.7. The fourth-order valence-corrected chi connectivity index (χ4v) is 1.47. The van der Waals surface area contributed by atoms with E-state index in [1.165, 1.54) is 14.2 Å². The van der Waals surface area contributed by atoms with Crippen LogP contribution in [0.5, 0.6) is 0 Å². The van der Waals surface area contributed by atoms with E-state index in [-0.39, 0.29) is 19.1 Å². The number of nitrogens with one attached hydrogen (secondary N) is 1. The molecule has 0 fully saturated rings. The Labute approximate surface area is 118 Å². The van der Waals surface area contributed by atoms with Crippen molar-refractivity contribution in [2.75, 3.05) is 33.9 Å². The van der Waals surface area contributed by atoms with Crippen molar-refractivity contribution in [3.05, 3.63) is 0 Å². The van der Waals surface area contributed by atoms with Gasteiger partial charge in [0.05, 0.1) is 13.7 Å². The third-order valence-electron chi connectivity index (χ3n) is 2.58. The van der Waals surface area contributed by atoms with Crippen LogP contribution in [0.3, 0.4) is 0 Å². The van der Waals surface area contributed by atoms with Gasteiger partial charge in [0, 0.05) is 13.7 Å². The van der Waals surface area contributed by atoms with E-state index in [4.69, 9.17) is 9.84 Å². The molecule has 0 spiro atoms. The first-order valence-corrected chi connectivity index (χ1v) is 6.17. The van der Waals surface area contributed by atoms with Gasteiger partial charge in [0.25, 0.3) is 0 Å². The van der Waals surface area contributed by atoms with Crippen LogP contribution in [0.4, 0.5) is 4.79 Å². The van der Waals surface area contributed by atoms with Crippen LogP contribution in [-0.2, 0) is 19.1 Å². The minimum absolute atomic E-state index is 0.112. The molecule has 0 aliphatic carbocycles. The number of rotatable bonds is 8. The number of amides is 2. The Hall–Kier alpha value is -1.83. The van der Waals surface area contributed by atoms with Crippen molar-refractivity contribution >= 4 is 18.0 Å². The van der Waals surface area contributed by atoms with Crippen molar-refractivity contribution in [3.8, 4) is 0 Å². The zero-order valence-electron chi connectivity index (χ0n) is 12.2. The lowest BCUT2D eigenvalue weighted by atomic mass is 10.1. The molecule has 0 radical (unpaired) electrons. The number of nitrogens with zero attached hydrogens (tertiary/aromatic N) is 1. The Kier molecular flexibility index (Phi) is 8.30. The van der Waals surface area contributed by atoms with Crippen LogP contribution in [0.2, 0.25) is 0 Å². The van der Waals surface area contributed by atoms with Crippen LogP contribution < -0.4 is 5.32 Å². The SMILES string of the molecule is COCCN(CC(=O)O)C(=O)NC(C(=O)OC)C(C)C. The van der Waals surface area contributed by atoms with Gasteiger partial charge in [-0.05, 0) is 5.92 Å². The van der Waals surface area contributed by atoms with Crippen LogP contribution in [0.1, 0.15) is 13.8 Å². The summed E-state index contributed by atoms with van der Waals surface area (Å²) in [6.45, 7) is 3.34. The maximum atomic E-state index is 12.0. The van der Waals surface area contributed by atoms with E-state index in [2.05, 4.69) is 10.1 Å². The van der Waals surface area contributed by atoms with Crippen molar-refractivity contribution in [2.24, 2.45) is 5.92 Å². The Morgan fingerprint density at radius 2 is 1.85 bits per heavy atom. The van der Waals surface area contributed by atoms with Gasteiger partial charge in [0.2, 0.25) is 0 Å². The maximum absolute atomic E-state index is 12.0. The van der Waals surface area contributed by atoms with Gasteiger partial charge in [-0.1, -0.05) is 13.8 Å². The Morgan fingerprint density at radius 3 is 2.25 bits per heavy atom. The summed E-state index contributed by atoms with van der Waals surface area (Å²) in [6, 6.07) is -1.47. The highest BCUT2D eigenvalue weighted by Gasteiger charge is 2.27. The molecule has 0 aromatic heterocycles. The molecule has 0 rings (SSSR count). The molecule has 1 unspecified atom stereocenters. The third-order valence-corrected chi connectivity index (χ3v) is 2.58. The van der Waals surface area contributed by atoms with E-state index in [0.29, 0.717) is 0 Å². The predicted octanol–water partition coefficient (Wildman–Crippen LogP) is -0.0734. The first-order chi connectivity index (χ1) is 9.33. The molecule has 20 heavy (non-hydrogen) atoms. The highest BCUT2D eigenvalue weighted by molar-refractivity contribution is 5.85. The van der Waals surface area contributed by atoms with Crippen LogP contribution >= 0.6 is 0 Å². The van der Waals surface area contributed by atoms with E-state index < -0.39 is 30.6 Å².